The summed E-state index contributed by atoms with van der Waals surface area (Å²) in [6.07, 6.45) is -7.92. The lowest BCUT2D eigenvalue weighted by atomic mass is 10.2. The molecule has 0 bridgehead atoms. The van der Waals surface area contributed by atoms with Gasteiger partial charge in [0.15, 0.2) is 6.10 Å². The summed E-state index contributed by atoms with van der Waals surface area (Å²) in [4.78, 5) is 3.84. The average molecular weight is 278 g/mol. The molecule has 0 spiro atoms. The minimum absolute atomic E-state index is 0.234. The van der Waals surface area contributed by atoms with E-state index in [0.29, 0.717) is 0 Å². The lowest BCUT2D eigenvalue weighted by molar-refractivity contribution is -0.204. The molecule has 0 aliphatic heterocycles. The summed E-state index contributed by atoms with van der Waals surface area (Å²) in [6.45, 7) is 1.84. The van der Waals surface area contributed by atoms with Gasteiger partial charge in [-0.2, -0.15) is 29.5 Å². The highest BCUT2D eigenvalue weighted by molar-refractivity contribution is 7.08. The maximum atomic E-state index is 12.1. The summed E-state index contributed by atoms with van der Waals surface area (Å²) in [5.74, 6) is -0.00134. The van der Waals surface area contributed by atoms with Crippen molar-refractivity contribution in [2.24, 2.45) is 0 Å². The Morgan fingerprint density at radius 1 is 1.44 bits per heavy atom. The number of alkyl halides is 3. The second kappa shape index (κ2) is 4.69. The van der Waals surface area contributed by atoms with Gasteiger partial charge < -0.3 is 9.63 Å². The molecule has 8 heteroatoms. The molecule has 1 atom stereocenters. The van der Waals surface area contributed by atoms with Crippen molar-refractivity contribution in [2.75, 3.05) is 0 Å². The fourth-order valence-corrected chi connectivity index (χ4v) is 2.14. The van der Waals surface area contributed by atoms with E-state index in [2.05, 4.69) is 10.1 Å². The molecule has 0 aliphatic rings. The maximum absolute atomic E-state index is 12.1. The number of rotatable bonds is 3. The van der Waals surface area contributed by atoms with Crippen LogP contribution in [0.4, 0.5) is 13.2 Å². The molecule has 2 aromatic heterocycles. The van der Waals surface area contributed by atoms with Crippen molar-refractivity contribution in [3.8, 4) is 11.4 Å². The van der Waals surface area contributed by atoms with Crippen LogP contribution < -0.4 is 0 Å². The van der Waals surface area contributed by atoms with Gasteiger partial charge in [-0.3, -0.25) is 0 Å². The van der Waals surface area contributed by atoms with Crippen molar-refractivity contribution < 1.29 is 22.8 Å². The number of halogens is 3. The molecule has 4 nitrogen and oxygen atoms in total. The highest BCUT2D eigenvalue weighted by Crippen LogP contribution is 2.26. The number of aryl methyl sites for hydroxylation is 1. The Morgan fingerprint density at radius 3 is 2.72 bits per heavy atom. The summed E-state index contributed by atoms with van der Waals surface area (Å²) >= 11 is 1.44. The van der Waals surface area contributed by atoms with Gasteiger partial charge in [0.25, 0.3) is 0 Å². The van der Waals surface area contributed by atoms with Crippen LogP contribution >= 0.6 is 11.3 Å². The number of aliphatic hydroxyl groups is 1. The smallest absolute Gasteiger partial charge is 0.383 e. The zero-order valence-corrected chi connectivity index (χ0v) is 10.0. The summed E-state index contributed by atoms with van der Waals surface area (Å²) in [6, 6.07) is 0. The highest BCUT2D eigenvalue weighted by atomic mass is 32.1. The van der Waals surface area contributed by atoms with Crippen LogP contribution in [0.2, 0.25) is 0 Å². The third-order valence-corrected chi connectivity index (χ3v) is 3.17. The predicted molar refractivity (Wildman–Crippen MR) is 58.1 cm³/mol. The molecule has 98 valence electrons. The van der Waals surface area contributed by atoms with Gasteiger partial charge >= 0.3 is 6.18 Å². The first-order chi connectivity index (χ1) is 8.38. The van der Waals surface area contributed by atoms with E-state index in [9.17, 15) is 13.2 Å². The first-order valence-electron chi connectivity index (χ1n) is 4.98. The molecule has 1 N–H and O–H groups in total. The Bertz CT molecular complexity index is 535. The minimum Gasteiger partial charge on any atom is -0.383 e. The Morgan fingerprint density at radius 2 is 2.17 bits per heavy atom. The summed E-state index contributed by atoms with van der Waals surface area (Å²) in [7, 11) is 0. The number of thiophene rings is 1. The van der Waals surface area contributed by atoms with E-state index >= 15 is 0 Å². The number of aromatic nitrogens is 2. The van der Waals surface area contributed by atoms with Gasteiger partial charge in [-0.05, 0) is 17.9 Å². The Labute approximate surface area is 104 Å². The normalized spacial score (nSPS) is 13.8. The van der Waals surface area contributed by atoms with Gasteiger partial charge in [0.1, 0.15) is 0 Å². The molecule has 0 amide bonds. The van der Waals surface area contributed by atoms with Crippen LogP contribution in [0, 0.1) is 6.92 Å². The van der Waals surface area contributed by atoms with Crippen LogP contribution in [-0.2, 0) is 6.42 Å². The number of hydrogen-bond acceptors (Lipinski definition) is 5. The number of hydrogen-bond donors (Lipinski definition) is 1. The zero-order chi connectivity index (χ0) is 13.3. The van der Waals surface area contributed by atoms with E-state index in [4.69, 9.17) is 9.63 Å². The van der Waals surface area contributed by atoms with Gasteiger partial charge in [-0.25, -0.2) is 0 Å². The molecule has 0 saturated heterocycles. The molecule has 2 rings (SSSR count). The maximum Gasteiger partial charge on any atom is 0.414 e. The summed E-state index contributed by atoms with van der Waals surface area (Å²) in [5, 5.41) is 16.1. The van der Waals surface area contributed by atoms with Crippen LogP contribution in [0.25, 0.3) is 11.4 Å². The van der Waals surface area contributed by atoms with Gasteiger partial charge in [-0.15, -0.1) is 0 Å². The van der Waals surface area contributed by atoms with Crippen LogP contribution in [0.5, 0.6) is 0 Å². The third kappa shape index (κ3) is 2.70. The lowest BCUT2D eigenvalue weighted by Gasteiger charge is -2.11. The van der Waals surface area contributed by atoms with E-state index in [1.165, 1.54) is 11.3 Å². The molecular formula is C10H9F3N2O2S. The highest BCUT2D eigenvalue weighted by Gasteiger charge is 2.39. The van der Waals surface area contributed by atoms with E-state index in [-0.39, 0.29) is 11.7 Å². The predicted octanol–water partition coefficient (Wildman–Crippen LogP) is 2.57. The van der Waals surface area contributed by atoms with E-state index < -0.39 is 18.7 Å². The van der Waals surface area contributed by atoms with E-state index in [0.717, 1.165) is 11.1 Å². The first-order valence-corrected chi connectivity index (χ1v) is 5.92. The van der Waals surface area contributed by atoms with Crippen LogP contribution in [-0.4, -0.2) is 27.5 Å². The zero-order valence-electron chi connectivity index (χ0n) is 9.23. The molecule has 0 fully saturated rings. The quantitative estimate of drug-likeness (QED) is 0.937. The molecule has 2 aromatic rings. The minimum atomic E-state index is -4.69. The van der Waals surface area contributed by atoms with Crippen LogP contribution in [0.1, 0.15) is 11.5 Å². The molecule has 1 unspecified atom stereocenters. The second-order valence-electron chi connectivity index (χ2n) is 3.74. The monoisotopic (exact) mass is 278 g/mol. The molecule has 0 radical (unpaired) electrons. The van der Waals surface area contributed by atoms with Gasteiger partial charge in [0.05, 0.1) is 6.42 Å². The second-order valence-corrected chi connectivity index (χ2v) is 4.49. The molecule has 0 saturated carbocycles. The van der Waals surface area contributed by atoms with E-state index in [1.807, 2.05) is 12.3 Å². The van der Waals surface area contributed by atoms with Crippen molar-refractivity contribution in [3.05, 3.63) is 22.2 Å². The standard InChI is InChI=1S/C10H9F3N2O2S/c1-5-3-18-4-6(5)9-14-8(17-15-9)2-7(16)10(11,12)13/h3-4,7,16H,2H2,1H3. The number of aliphatic hydroxyl groups excluding tert-OH is 1. The van der Waals surface area contributed by atoms with Crippen molar-refractivity contribution in [3.63, 3.8) is 0 Å². The SMILES string of the molecule is Cc1cscc1-c1noc(CC(O)C(F)(F)F)n1. The van der Waals surface area contributed by atoms with Gasteiger partial charge in [0, 0.05) is 10.9 Å². The largest absolute Gasteiger partial charge is 0.414 e. The first kappa shape index (κ1) is 13.0. The van der Waals surface area contributed by atoms with Crippen molar-refractivity contribution in [1.29, 1.82) is 0 Å². The van der Waals surface area contributed by atoms with Crippen LogP contribution in [0.15, 0.2) is 15.3 Å². The number of nitrogens with zero attached hydrogens (tertiary/aromatic N) is 2. The molecule has 18 heavy (non-hydrogen) atoms. The molecular weight excluding hydrogens is 269 g/mol. The van der Waals surface area contributed by atoms with Crippen LogP contribution in [0.3, 0.4) is 0 Å². The Hall–Kier alpha value is -1.41. The topological polar surface area (TPSA) is 59.2 Å². The molecule has 2 heterocycles. The van der Waals surface area contributed by atoms with E-state index in [1.54, 1.807) is 5.38 Å². The van der Waals surface area contributed by atoms with Crippen molar-refractivity contribution in [1.82, 2.24) is 10.1 Å². The summed E-state index contributed by atoms with van der Waals surface area (Å²) < 4.78 is 41.1. The Balaban J connectivity index is 2.15. The Kier molecular flexibility index (Phi) is 3.40. The van der Waals surface area contributed by atoms with Crippen molar-refractivity contribution >= 4 is 11.3 Å². The summed E-state index contributed by atoms with van der Waals surface area (Å²) in [5.41, 5.74) is 1.64. The lowest BCUT2D eigenvalue weighted by Crippen LogP contribution is -2.30. The third-order valence-electron chi connectivity index (χ3n) is 2.31. The average Bonchev–Trinajstić information content (AvgIpc) is 2.85. The van der Waals surface area contributed by atoms with Crippen molar-refractivity contribution in [2.45, 2.75) is 25.6 Å². The molecule has 0 aromatic carbocycles. The van der Waals surface area contributed by atoms with Gasteiger partial charge in [-0.1, -0.05) is 5.16 Å². The fourth-order valence-electron chi connectivity index (χ4n) is 1.32. The molecule has 0 aliphatic carbocycles. The fraction of sp³-hybridized carbons (Fsp3) is 0.400. The van der Waals surface area contributed by atoms with Gasteiger partial charge in [0.2, 0.25) is 11.7 Å².